The van der Waals surface area contributed by atoms with E-state index in [-0.39, 0.29) is 17.8 Å². The van der Waals surface area contributed by atoms with Crippen molar-refractivity contribution in [1.82, 2.24) is 10.2 Å². The van der Waals surface area contributed by atoms with Gasteiger partial charge in [0.15, 0.2) is 0 Å². The highest BCUT2D eigenvalue weighted by molar-refractivity contribution is 5.86. The molecule has 0 saturated carbocycles. The molecule has 1 aliphatic heterocycles. The maximum absolute atomic E-state index is 13.4. The molecule has 2 aromatic rings. The van der Waals surface area contributed by atoms with Gasteiger partial charge in [-0.25, -0.2) is 4.39 Å². The molecule has 1 atom stereocenters. The summed E-state index contributed by atoms with van der Waals surface area (Å²) in [5.41, 5.74) is 2.26. The van der Waals surface area contributed by atoms with Gasteiger partial charge in [0.05, 0.1) is 0 Å². The van der Waals surface area contributed by atoms with Crippen LogP contribution in [-0.2, 0) is 11.3 Å². The lowest BCUT2D eigenvalue weighted by Gasteiger charge is -2.29. The molecule has 2 aromatic carbocycles. The minimum absolute atomic E-state index is 0.192. The molecule has 122 valence electrons. The number of fused-ring (bicyclic) bond motifs is 1. The monoisotopic (exact) mass is 314 g/mol. The van der Waals surface area contributed by atoms with Gasteiger partial charge in [-0.15, -0.1) is 0 Å². The van der Waals surface area contributed by atoms with Gasteiger partial charge in [-0.3, -0.25) is 4.79 Å². The molecule has 1 N–H and O–H groups in total. The number of hydrogen-bond donors (Lipinski definition) is 1. The standard InChI is InChI=1S/C19H23FN2O/c1-3-19(23)22(17-8-9-21-11-17)12-15-5-4-14-10-16(20)6-7-18(14)13(15)2/h4-7,10,17,21H,3,8-9,11-12H2,1-2H3/t17-/m0/s1. The summed E-state index contributed by atoms with van der Waals surface area (Å²) in [7, 11) is 0. The van der Waals surface area contributed by atoms with Gasteiger partial charge in [0.2, 0.25) is 5.91 Å². The molecule has 0 bridgehead atoms. The average Bonchev–Trinajstić information content (AvgIpc) is 3.07. The molecule has 1 fully saturated rings. The number of amides is 1. The third-order valence-corrected chi connectivity index (χ3v) is 4.80. The zero-order chi connectivity index (χ0) is 16.4. The van der Waals surface area contributed by atoms with Gasteiger partial charge in [-0.2, -0.15) is 0 Å². The zero-order valence-electron chi connectivity index (χ0n) is 13.7. The van der Waals surface area contributed by atoms with Crippen molar-refractivity contribution in [1.29, 1.82) is 0 Å². The summed E-state index contributed by atoms with van der Waals surface area (Å²) in [4.78, 5) is 14.4. The van der Waals surface area contributed by atoms with Crippen molar-refractivity contribution >= 4 is 16.7 Å². The van der Waals surface area contributed by atoms with E-state index in [1.165, 1.54) is 6.07 Å². The second kappa shape index (κ2) is 6.67. The van der Waals surface area contributed by atoms with Crippen LogP contribution in [0.1, 0.15) is 30.9 Å². The van der Waals surface area contributed by atoms with Crippen molar-refractivity contribution in [2.45, 2.75) is 39.3 Å². The highest BCUT2D eigenvalue weighted by atomic mass is 19.1. The van der Waals surface area contributed by atoms with Crippen LogP contribution in [0.2, 0.25) is 0 Å². The Morgan fingerprint density at radius 2 is 2.17 bits per heavy atom. The first-order valence-electron chi connectivity index (χ1n) is 8.28. The predicted molar refractivity (Wildman–Crippen MR) is 90.8 cm³/mol. The fourth-order valence-corrected chi connectivity index (χ4v) is 3.39. The smallest absolute Gasteiger partial charge is 0.222 e. The van der Waals surface area contributed by atoms with Crippen molar-refractivity contribution < 1.29 is 9.18 Å². The first kappa shape index (κ1) is 15.9. The topological polar surface area (TPSA) is 32.3 Å². The van der Waals surface area contributed by atoms with Gasteiger partial charge in [-0.05, 0) is 53.9 Å². The molecular formula is C19H23FN2O. The van der Waals surface area contributed by atoms with E-state index >= 15 is 0 Å². The Kier molecular flexibility index (Phi) is 4.62. The number of hydrogen-bond acceptors (Lipinski definition) is 2. The van der Waals surface area contributed by atoms with E-state index < -0.39 is 0 Å². The Bertz CT molecular complexity index is 723. The van der Waals surface area contributed by atoms with E-state index in [1.54, 1.807) is 6.07 Å². The predicted octanol–water partition coefficient (Wildman–Crippen LogP) is 3.39. The van der Waals surface area contributed by atoms with Crippen LogP contribution in [0.15, 0.2) is 30.3 Å². The number of rotatable bonds is 4. The molecule has 1 heterocycles. The maximum Gasteiger partial charge on any atom is 0.222 e. The Labute approximate surface area is 136 Å². The summed E-state index contributed by atoms with van der Waals surface area (Å²) in [6, 6.07) is 9.12. The van der Waals surface area contributed by atoms with Crippen molar-refractivity contribution in [3.8, 4) is 0 Å². The lowest BCUT2D eigenvalue weighted by molar-refractivity contribution is -0.133. The Balaban J connectivity index is 1.93. The molecule has 0 unspecified atom stereocenters. The molecule has 3 rings (SSSR count). The van der Waals surface area contributed by atoms with E-state index in [0.717, 1.165) is 41.4 Å². The summed E-state index contributed by atoms with van der Waals surface area (Å²) in [5.74, 6) is -0.0261. The molecular weight excluding hydrogens is 291 g/mol. The SMILES string of the molecule is CCC(=O)N(Cc1ccc2cc(F)ccc2c1C)[C@H]1CCNC1. The third kappa shape index (κ3) is 3.22. The summed E-state index contributed by atoms with van der Waals surface area (Å²) in [6.07, 6.45) is 1.53. The first-order chi connectivity index (χ1) is 11.1. The molecule has 0 aliphatic carbocycles. The van der Waals surface area contributed by atoms with E-state index in [2.05, 4.69) is 12.2 Å². The lowest BCUT2D eigenvalue weighted by atomic mass is 9.99. The van der Waals surface area contributed by atoms with Gasteiger partial charge in [0.1, 0.15) is 5.82 Å². The van der Waals surface area contributed by atoms with Crippen LogP contribution in [0, 0.1) is 12.7 Å². The normalized spacial score (nSPS) is 17.6. The van der Waals surface area contributed by atoms with Crippen molar-refractivity contribution in [2.75, 3.05) is 13.1 Å². The Morgan fingerprint density at radius 1 is 1.35 bits per heavy atom. The minimum atomic E-state index is -0.218. The minimum Gasteiger partial charge on any atom is -0.334 e. The van der Waals surface area contributed by atoms with Crippen molar-refractivity contribution in [2.24, 2.45) is 0 Å². The number of nitrogens with zero attached hydrogens (tertiary/aromatic N) is 1. The quantitative estimate of drug-likeness (QED) is 0.938. The lowest BCUT2D eigenvalue weighted by Crippen LogP contribution is -2.40. The molecule has 0 spiro atoms. The highest BCUT2D eigenvalue weighted by Crippen LogP contribution is 2.25. The fraction of sp³-hybridized carbons (Fsp3) is 0.421. The molecule has 0 aromatic heterocycles. The van der Waals surface area contributed by atoms with Gasteiger partial charge in [-0.1, -0.05) is 25.1 Å². The fourth-order valence-electron chi connectivity index (χ4n) is 3.39. The first-order valence-corrected chi connectivity index (χ1v) is 8.28. The summed E-state index contributed by atoms with van der Waals surface area (Å²) >= 11 is 0. The number of carbonyl (C=O) groups excluding carboxylic acids is 1. The molecule has 0 radical (unpaired) electrons. The molecule has 4 heteroatoms. The number of halogens is 1. The third-order valence-electron chi connectivity index (χ3n) is 4.80. The molecule has 3 nitrogen and oxygen atoms in total. The number of aryl methyl sites for hydroxylation is 1. The van der Waals surface area contributed by atoms with Crippen LogP contribution in [0.4, 0.5) is 4.39 Å². The van der Waals surface area contributed by atoms with E-state index in [1.807, 2.05) is 30.0 Å². The zero-order valence-corrected chi connectivity index (χ0v) is 13.7. The van der Waals surface area contributed by atoms with Crippen LogP contribution in [0.3, 0.4) is 0 Å². The van der Waals surface area contributed by atoms with E-state index in [0.29, 0.717) is 13.0 Å². The van der Waals surface area contributed by atoms with Gasteiger partial charge >= 0.3 is 0 Å². The largest absolute Gasteiger partial charge is 0.334 e. The summed E-state index contributed by atoms with van der Waals surface area (Å²) in [5, 5.41) is 5.29. The number of nitrogens with one attached hydrogen (secondary N) is 1. The molecule has 1 aliphatic rings. The second-order valence-corrected chi connectivity index (χ2v) is 6.24. The highest BCUT2D eigenvalue weighted by Gasteiger charge is 2.26. The van der Waals surface area contributed by atoms with Crippen LogP contribution < -0.4 is 5.32 Å². The van der Waals surface area contributed by atoms with Gasteiger partial charge in [0, 0.05) is 25.6 Å². The summed E-state index contributed by atoms with van der Waals surface area (Å²) in [6.45, 7) is 6.42. The average molecular weight is 314 g/mol. The van der Waals surface area contributed by atoms with Crippen LogP contribution in [-0.4, -0.2) is 29.9 Å². The van der Waals surface area contributed by atoms with E-state index in [9.17, 15) is 9.18 Å². The maximum atomic E-state index is 13.4. The second-order valence-electron chi connectivity index (χ2n) is 6.24. The molecule has 23 heavy (non-hydrogen) atoms. The number of benzene rings is 2. The number of carbonyl (C=O) groups is 1. The molecule has 1 saturated heterocycles. The van der Waals surface area contributed by atoms with Crippen LogP contribution in [0.5, 0.6) is 0 Å². The Hall–Kier alpha value is -1.94. The van der Waals surface area contributed by atoms with Crippen LogP contribution in [0.25, 0.3) is 10.8 Å². The van der Waals surface area contributed by atoms with Crippen LogP contribution >= 0.6 is 0 Å². The van der Waals surface area contributed by atoms with Crippen molar-refractivity contribution in [3.05, 3.63) is 47.3 Å². The van der Waals surface area contributed by atoms with Crippen molar-refractivity contribution in [3.63, 3.8) is 0 Å². The Morgan fingerprint density at radius 3 is 2.87 bits per heavy atom. The van der Waals surface area contributed by atoms with Gasteiger partial charge < -0.3 is 10.2 Å². The molecule has 1 amide bonds. The van der Waals surface area contributed by atoms with Gasteiger partial charge in [0.25, 0.3) is 0 Å². The summed E-state index contributed by atoms with van der Waals surface area (Å²) < 4.78 is 13.4. The van der Waals surface area contributed by atoms with E-state index in [4.69, 9.17) is 0 Å².